The molecule has 2 fully saturated rings. The van der Waals surface area contributed by atoms with Gasteiger partial charge in [0.2, 0.25) is 29.4 Å². The smallest absolute Gasteiger partial charge is 0.290 e. The monoisotopic (exact) mass is 760 g/mol. The molecule has 2 aromatic carbocycles. The summed E-state index contributed by atoms with van der Waals surface area (Å²) in [7, 11) is 3.78. The molecule has 298 valence electrons. The number of rotatable bonds is 13. The maximum Gasteiger partial charge on any atom is 0.290 e. The zero-order valence-corrected chi connectivity index (χ0v) is 32.2. The Balaban J connectivity index is 1.27. The molecule has 5 rings (SSSR count). The summed E-state index contributed by atoms with van der Waals surface area (Å²) in [5.41, 5.74) is 1.64. The molecule has 14 nitrogen and oxygen atoms in total. The van der Waals surface area contributed by atoms with Gasteiger partial charge in [-0.05, 0) is 62.5 Å². The summed E-state index contributed by atoms with van der Waals surface area (Å²) < 4.78 is 12.0. The van der Waals surface area contributed by atoms with Crippen molar-refractivity contribution >= 4 is 35.3 Å². The Morgan fingerprint density at radius 3 is 2.45 bits per heavy atom. The highest BCUT2D eigenvalue weighted by molar-refractivity contribution is 6.38. The number of hydrogen-bond acceptors (Lipinski definition) is 9. The molecule has 2 heterocycles. The van der Waals surface area contributed by atoms with Gasteiger partial charge in [-0.15, -0.1) is 0 Å². The van der Waals surface area contributed by atoms with Crippen molar-refractivity contribution in [3.8, 4) is 5.75 Å². The fourth-order valence-electron chi connectivity index (χ4n) is 7.73. The molecule has 0 radical (unpaired) electrons. The summed E-state index contributed by atoms with van der Waals surface area (Å²) in [5, 5.41) is 11.1. The SMILES string of the molecule is CCCC(NC(=O)[C@@H]1C[C@@H]2CN1C(=O)[C@H](C1CCCCC1)NC(=O)Cc1cccc(c1)OCCO2)C(=O)C(=O)NCC(=O)N[C@H](CN(C)C)c1ccccc1. The van der Waals surface area contributed by atoms with Gasteiger partial charge in [0, 0.05) is 19.5 Å². The Bertz CT molecular complexity index is 1650. The number of benzene rings is 2. The van der Waals surface area contributed by atoms with Crippen LogP contribution >= 0.6 is 0 Å². The van der Waals surface area contributed by atoms with Gasteiger partial charge in [-0.2, -0.15) is 0 Å². The largest absolute Gasteiger partial charge is 0.491 e. The summed E-state index contributed by atoms with van der Waals surface area (Å²) in [6.07, 6.45) is 4.84. The number of nitrogens with one attached hydrogen (secondary N) is 4. The minimum absolute atomic E-state index is 0.0605. The fraction of sp³-hybridized carbons (Fsp3) is 0.561. The molecule has 1 aliphatic carbocycles. The maximum absolute atomic E-state index is 14.5. The van der Waals surface area contributed by atoms with E-state index < -0.39 is 54.3 Å². The van der Waals surface area contributed by atoms with E-state index >= 15 is 0 Å². The van der Waals surface area contributed by atoms with E-state index in [9.17, 15) is 28.8 Å². The second-order valence-corrected chi connectivity index (χ2v) is 15.0. The highest BCUT2D eigenvalue weighted by Gasteiger charge is 2.45. The molecule has 4 bridgehead atoms. The number of ether oxygens (including phenoxy) is 2. The van der Waals surface area contributed by atoms with Gasteiger partial charge in [-0.1, -0.05) is 75.1 Å². The minimum Gasteiger partial charge on any atom is -0.491 e. The number of hydrogen-bond donors (Lipinski definition) is 4. The molecule has 55 heavy (non-hydrogen) atoms. The Morgan fingerprint density at radius 1 is 0.964 bits per heavy atom. The van der Waals surface area contributed by atoms with Crippen molar-refractivity contribution < 1.29 is 38.2 Å². The first kappa shape index (κ1) is 41.3. The van der Waals surface area contributed by atoms with Crippen molar-refractivity contribution in [3.63, 3.8) is 0 Å². The molecule has 0 spiro atoms. The zero-order valence-electron chi connectivity index (χ0n) is 32.2. The van der Waals surface area contributed by atoms with Crippen LogP contribution in [0.3, 0.4) is 0 Å². The van der Waals surface area contributed by atoms with E-state index in [1.54, 1.807) is 0 Å². The Morgan fingerprint density at radius 2 is 1.73 bits per heavy atom. The molecular weight excluding hydrogens is 704 g/mol. The van der Waals surface area contributed by atoms with Gasteiger partial charge >= 0.3 is 0 Å². The molecule has 1 saturated heterocycles. The first-order valence-corrected chi connectivity index (χ1v) is 19.6. The molecular formula is C41H56N6O8. The summed E-state index contributed by atoms with van der Waals surface area (Å²) >= 11 is 0. The van der Waals surface area contributed by atoms with Crippen LogP contribution in [0.25, 0.3) is 0 Å². The topological polar surface area (TPSA) is 175 Å². The Kier molecular flexibility index (Phi) is 15.2. The third kappa shape index (κ3) is 11.8. The van der Waals surface area contributed by atoms with Crippen LogP contribution in [0.5, 0.6) is 5.75 Å². The number of amides is 5. The third-order valence-corrected chi connectivity index (χ3v) is 10.4. The number of ketones is 1. The summed E-state index contributed by atoms with van der Waals surface area (Å²) in [6, 6.07) is 13.4. The molecule has 2 aromatic rings. The number of nitrogens with zero attached hydrogens (tertiary/aromatic N) is 2. The lowest BCUT2D eigenvalue weighted by Gasteiger charge is -2.35. The molecule has 5 amide bonds. The second kappa shape index (κ2) is 20.2. The van der Waals surface area contributed by atoms with E-state index in [0.29, 0.717) is 18.7 Å². The van der Waals surface area contributed by atoms with Gasteiger partial charge in [-0.25, -0.2) is 0 Å². The van der Waals surface area contributed by atoms with Crippen molar-refractivity contribution in [1.82, 2.24) is 31.1 Å². The Hall–Kier alpha value is -4.82. The molecule has 4 N–H and O–H groups in total. The van der Waals surface area contributed by atoms with E-state index in [1.165, 1.54) is 4.90 Å². The van der Waals surface area contributed by atoms with Crippen molar-refractivity contribution in [2.75, 3.05) is 46.9 Å². The lowest BCUT2D eigenvalue weighted by atomic mass is 9.83. The number of likely N-dealkylation sites (N-methyl/N-ethyl adjacent to an activating group) is 1. The summed E-state index contributed by atoms with van der Waals surface area (Å²) in [5.74, 6) is -3.10. The third-order valence-electron chi connectivity index (χ3n) is 10.4. The zero-order chi connectivity index (χ0) is 39.3. The summed E-state index contributed by atoms with van der Waals surface area (Å²) in [4.78, 5) is 84.9. The predicted octanol–water partition coefficient (Wildman–Crippen LogP) is 2.06. The van der Waals surface area contributed by atoms with Gasteiger partial charge in [0.05, 0.1) is 37.8 Å². The van der Waals surface area contributed by atoms with Gasteiger partial charge in [-0.3, -0.25) is 28.8 Å². The van der Waals surface area contributed by atoms with Gasteiger partial charge in [0.25, 0.3) is 5.91 Å². The van der Waals surface area contributed by atoms with E-state index in [0.717, 1.165) is 43.2 Å². The fourth-order valence-corrected chi connectivity index (χ4v) is 7.73. The van der Waals surface area contributed by atoms with E-state index in [4.69, 9.17) is 9.47 Å². The minimum atomic E-state index is -1.18. The number of carbonyl (C=O) groups excluding carboxylic acids is 6. The maximum atomic E-state index is 14.5. The van der Waals surface area contributed by atoms with E-state index in [1.807, 2.05) is 80.5 Å². The average Bonchev–Trinajstić information content (AvgIpc) is 3.61. The number of Topliss-reactive ketones (excluding diaryl/α,β-unsaturated/α-hetero) is 1. The first-order valence-electron chi connectivity index (χ1n) is 19.6. The van der Waals surface area contributed by atoms with Crippen LogP contribution in [-0.4, -0.2) is 116 Å². The molecule has 0 aromatic heterocycles. The van der Waals surface area contributed by atoms with Crippen molar-refractivity contribution in [2.24, 2.45) is 5.92 Å². The normalized spacial score (nSPS) is 22.0. The molecule has 1 saturated carbocycles. The van der Waals surface area contributed by atoms with Crippen LogP contribution in [0.15, 0.2) is 54.6 Å². The molecule has 14 heteroatoms. The molecule has 3 aliphatic rings. The Labute approximate surface area is 323 Å². The molecule has 2 aliphatic heterocycles. The van der Waals surface area contributed by atoms with E-state index in [2.05, 4.69) is 21.3 Å². The van der Waals surface area contributed by atoms with Crippen molar-refractivity contribution in [3.05, 3.63) is 65.7 Å². The van der Waals surface area contributed by atoms with Crippen LogP contribution < -0.4 is 26.0 Å². The van der Waals surface area contributed by atoms with Gasteiger partial charge in [0.1, 0.15) is 24.4 Å². The number of fused-ring (bicyclic) bond motifs is 4. The average molecular weight is 761 g/mol. The van der Waals surface area contributed by atoms with E-state index in [-0.39, 0.29) is 62.8 Å². The van der Waals surface area contributed by atoms with Gasteiger partial charge < -0.3 is 40.5 Å². The van der Waals surface area contributed by atoms with Crippen LogP contribution in [-0.2, 0) is 39.9 Å². The quantitative estimate of drug-likeness (QED) is 0.223. The summed E-state index contributed by atoms with van der Waals surface area (Å²) in [6.45, 7) is 2.47. The van der Waals surface area contributed by atoms with Crippen LogP contribution in [0.1, 0.15) is 75.5 Å². The molecule has 5 atom stereocenters. The lowest BCUT2D eigenvalue weighted by molar-refractivity contribution is -0.144. The van der Waals surface area contributed by atoms with Crippen LogP contribution in [0.4, 0.5) is 0 Å². The van der Waals surface area contributed by atoms with Crippen LogP contribution in [0.2, 0.25) is 0 Å². The first-order chi connectivity index (χ1) is 26.5. The highest BCUT2D eigenvalue weighted by Crippen LogP contribution is 2.30. The predicted molar refractivity (Wildman–Crippen MR) is 205 cm³/mol. The van der Waals surface area contributed by atoms with Gasteiger partial charge in [0.15, 0.2) is 0 Å². The highest BCUT2D eigenvalue weighted by atomic mass is 16.5. The molecule has 1 unspecified atom stereocenters. The standard InChI is InChI=1S/C41H56N6O8/c1-4-12-32(38(50)40(52)42-24-36(49)43-33(26-46(2)3)28-14-7-5-8-15-28)44-39(51)34-23-31-25-47(34)41(53)37(29-16-9-6-10-17-29)45-35(48)22-27-13-11-18-30(21-27)54-19-20-55-31/h5,7-8,11,13-15,18,21,29,31-34,37H,4,6,9-10,12,16-17,19-20,22-26H2,1-3H3,(H,42,52)(H,43,49)(H,44,51)(H,45,48)/t31-,32?,33-,34+,37+/m1/s1. The second-order valence-electron chi connectivity index (χ2n) is 15.0. The van der Waals surface area contributed by atoms with Crippen molar-refractivity contribution in [1.29, 1.82) is 0 Å². The lowest BCUT2D eigenvalue weighted by Crippen LogP contribution is -2.58. The number of carbonyl (C=O) groups is 6. The van der Waals surface area contributed by atoms with Crippen LogP contribution in [0, 0.1) is 5.92 Å². The van der Waals surface area contributed by atoms with Crippen molar-refractivity contribution in [2.45, 2.75) is 95.0 Å².